The number of hydrogen-bond donors (Lipinski definition) is 2. The Balaban J connectivity index is 1.35. The summed E-state index contributed by atoms with van der Waals surface area (Å²) < 4.78 is 19.1. The topological polar surface area (TPSA) is 148 Å². The second-order valence-corrected chi connectivity index (χ2v) is 13.0. The van der Waals surface area contributed by atoms with Gasteiger partial charge >= 0.3 is 0 Å². The van der Waals surface area contributed by atoms with E-state index in [9.17, 15) is 20.2 Å². The lowest BCUT2D eigenvalue weighted by atomic mass is 10.1. The number of fused-ring (bicyclic) bond motifs is 15. The third-order valence-electron chi connectivity index (χ3n) is 9.51. The predicted molar refractivity (Wildman–Crippen MR) is 203 cm³/mol. The molecule has 4 aromatic rings. The van der Waals surface area contributed by atoms with Gasteiger partial charge in [0, 0.05) is 101 Å². The molecule has 7 rings (SSSR count). The van der Waals surface area contributed by atoms with Crippen LogP contribution in [-0.4, -0.2) is 98.4 Å². The number of anilines is 1. The molecule has 280 valence electrons. The number of nitrogens with one attached hydrogen (secondary N) is 2. The van der Waals surface area contributed by atoms with Crippen LogP contribution >= 0.6 is 0 Å². The van der Waals surface area contributed by atoms with E-state index in [1.54, 1.807) is 0 Å². The molecule has 0 aliphatic carbocycles. The Kier molecular flexibility index (Phi) is 13.4. The Morgan fingerprint density at radius 1 is 0.547 bits per heavy atom. The minimum atomic E-state index is -0.609. The van der Waals surface area contributed by atoms with Crippen molar-refractivity contribution in [2.24, 2.45) is 0 Å². The van der Waals surface area contributed by atoms with Gasteiger partial charge in [-0.05, 0) is 24.3 Å². The van der Waals surface area contributed by atoms with E-state index in [0.29, 0.717) is 96.7 Å². The number of nitro groups is 2. The minimum Gasteiger partial charge on any atom is -0.492 e. The summed E-state index contributed by atoms with van der Waals surface area (Å²) in [4.78, 5) is 29.3. The molecule has 0 radical (unpaired) electrons. The molecule has 14 nitrogen and oxygen atoms in total. The van der Waals surface area contributed by atoms with Gasteiger partial charge in [-0.15, -0.1) is 0 Å². The van der Waals surface area contributed by atoms with Gasteiger partial charge < -0.3 is 29.7 Å². The first-order chi connectivity index (χ1) is 25.9. The van der Waals surface area contributed by atoms with Crippen LogP contribution in [0.4, 0.5) is 17.1 Å². The highest BCUT2D eigenvalue weighted by Gasteiger charge is 2.25. The second-order valence-electron chi connectivity index (χ2n) is 13.0. The summed E-state index contributed by atoms with van der Waals surface area (Å²) in [5, 5.41) is 31.1. The van der Waals surface area contributed by atoms with Gasteiger partial charge in [0.05, 0.1) is 15.9 Å². The Hall–Kier alpha value is -5.28. The molecule has 0 spiro atoms. The molecule has 3 heterocycles. The van der Waals surface area contributed by atoms with Crippen molar-refractivity contribution >= 4 is 17.1 Å². The van der Waals surface area contributed by atoms with Crippen LogP contribution in [0.1, 0.15) is 16.7 Å². The number of nitrogens with zero attached hydrogens (tertiary/aromatic N) is 5. The fourth-order valence-corrected chi connectivity index (χ4v) is 6.59. The maximum Gasteiger partial charge on any atom is 0.299 e. The average molecular weight is 726 g/mol. The number of non-ortho nitro benzene ring substituents is 1. The fourth-order valence-electron chi connectivity index (χ4n) is 6.59. The van der Waals surface area contributed by atoms with Crippen LogP contribution in [0.2, 0.25) is 0 Å². The molecule has 14 heteroatoms. The van der Waals surface area contributed by atoms with E-state index in [2.05, 4.69) is 32.6 Å². The van der Waals surface area contributed by atoms with Crippen molar-refractivity contribution < 1.29 is 24.1 Å². The van der Waals surface area contributed by atoms with Crippen molar-refractivity contribution in [2.45, 2.75) is 19.6 Å². The van der Waals surface area contributed by atoms with Gasteiger partial charge in [0.2, 0.25) is 0 Å². The van der Waals surface area contributed by atoms with Crippen LogP contribution in [0.15, 0.2) is 91.0 Å². The Morgan fingerprint density at radius 3 is 1.57 bits per heavy atom. The molecule has 3 aliphatic heterocycles. The number of ether oxygens (including phenoxy) is 3. The average Bonchev–Trinajstić information content (AvgIpc) is 3.16. The largest absolute Gasteiger partial charge is 0.492 e. The van der Waals surface area contributed by atoms with Crippen molar-refractivity contribution in [1.82, 2.24) is 20.4 Å². The molecule has 0 amide bonds. The second kappa shape index (κ2) is 19.0. The van der Waals surface area contributed by atoms with Gasteiger partial charge in [-0.1, -0.05) is 54.6 Å². The first kappa shape index (κ1) is 37.5. The molecule has 4 aromatic carbocycles. The number of para-hydroxylation sites is 3. The van der Waals surface area contributed by atoms with Gasteiger partial charge in [0.25, 0.3) is 11.4 Å². The van der Waals surface area contributed by atoms with E-state index in [1.807, 2.05) is 65.6 Å². The summed E-state index contributed by atoms with van der Waals surface area (Å²) >= 11 is 0. The summed E-state index contributed by atoms with van der Waals surface area (Å²) in [6.07, 6.45) is 0. The lowest BCUT2D eigenvalue weighted by Crippen LogP contribution is -2.41. The Bertz CT molecular complexity index is 1770. The Labute approximate surface area is 309 Å². The van der Waals surface area contributed by atoms with E-state index in [4.69, 9.17) is 14.2 Å². The highest BCUT2D eigenvalue weighted by atomic mass is 16.6. The number of benzene rings is 4. The lowest BCUT2D eigenvalue weighted by Gasteiger charge is -2.30. The van der Waals surface area contributed by atoms with Crippen LogP contribution in [0, 0.1) is 20.2 Å². The molecule has 0 saturated heterocycles. The summed E-state index contributed by atoms with van der Waals surface area (Å²) in [6.45, 7) is 8.73. The van der Waals surface area contributed by atoms with Gasteiger partial charge in [-0.25, -0.2) is 0 Å². The zero-order valence-electron chi connectivity index (χ0n) is 29.9. The number of nitro benzene ring substituents is 2. The van der Waals surface area contributed by atoms with Crippen molar-refractivity contribution in [2.75, 3.05) is 83.6 Å². The SMILES string of the molecule is O=[N+]([O-])c1ccc(N2CCN3CCNCc4ccccc4OCCN(CCOc4ccccc4CNCC3)CCOc3ccccc3C2)c([N+](=O)[O-])c1. The zero-order chi connectivity index (χ0) is 36.8. The van der Waals surface area contributed by atoms with E-state index in [0.717, 1.165) is 47.3 Å². The van der Waals surface area contributed by atoms with Gasteiger partial charge in [0.1, 0.15) is 42.8 Å². The van der Waals surface area contributed by atoms with Gasteiger partial charge in [0.15, 0.2) is 0 Å². The third-order valence-corrected chi connectivity index (χ3v) is 9.51. The molecular formula is C39H47N7O7. The van der Waals surface area contributed by atoms with E-state index < -0.39 is 9.85 Å². The summed E-state index contributed by atoms with van der Waals surface area (Å²) in [5.74, 6) is 2.37. The smallest absolute Gasteiger partial charge is 0.299 e. The summed E-state index contributed by atoms with van der Waals surface area (Å²) in [7, 11) is 0. The summed E-state index contributed by atoms with van der Waals surface area (Å²) in [6, 6.07) is 27.7. The normalized spacial score (nSPS) is 19.5. The highest BCUT2D eigenvalue weighted by Crippen LogP contribution is 2.34. The van der Waals surface area contributed by atoms with E-state index in [1.165, 1.54) is 12.1 Å². The lowest BCUT2D eigenvalue weighted by molar-refractivity contribution is -0.393. The molecule has 2 bridgehead atoms. The number of rotatable bonds is 3. The fraction of sp³-hybridized carbons (Fsp3) is 0.385. The Morgan fingerprint density at radius 2 is 1.04 bits per heavy atom. The van der Waals surface area contributed by atoms with E-state index >= 15 is 0 Å². The highest BCUT2D eigenvalue weighted by molar-refractivity contribution is 5.67. The molecule has 0 unspecified atom stereocenters. The predicted octanol–water partition coefficient (Wildman–Crippen LogP) is 4.86. The molecule has 2 N–H and O–H groups in total. The van der Waals surface area contributed by atoms with Crippen molar-refractivity contribution in [1.29, 1.82) is 0 Å². The number of hydrogen-bond acceptors (Lipinski definition) is 12. The van der Waals surface area contributed by atoms with Crippen LogP contribution in [0.5, 0.6) is 17.2 Å². The molecule has 0 saturated carbocycles. The molecule has 0 aromatic heterocycles. The monoisotopic (exact) mass is 725 g/mol. The zero-order valence-corrected chi connectivity index (χ0v) is 29.9. The van der Waals surface area contributed by atoms with Crippen molar-refractivity contribution in [3.63, 3.8) is 0 Å². The molecule has 3 aliphatic rings. The third kappa shape index (κ3) is 10.6. The van der Waals surface area contributed by atoms with E-state index in [-0.39, 0.29) is 11.4 Å². The van der Waals surface area contributed by atoms with Crippen LogP contribution < -0.4 is 29.7 Å². The van der Waals surface area contributed by atoms with Crippen LogP contribution in [0.3, 0.4) is 0 Å². The standard InChI is InChI=1S/C39H47N7O7/c47-45(48)34-13-14-35(36(27-34)46(49)50)44-20-19-42-17-15-40-28-31-7-1-4-10-37(31)51-24-21-43(23-26-53-39-12-6-3-9-33(39)30-44)22-25-52-38-11-5-2-8-32(38)29-41-16-18-42/h1-14,27,40-41H,15-26,28-30H2. The minimum absolute atomic E-state index is 0.304. The molecule has 0 atom stereocenters. The quantitative estimate of drug-likeness (QED) is 0.220. The van der Waals surface area contributed by atoms with Crippen LogP contribution in [0.25, 0.3) is 0 Å². The maximum absolute atomic E-state index is 12.3. The first-order valence-corrected chi connectivity index (χ1v) is 18.1. The maximum atomic E-state index is 12.3. The van der Waals surface area contributed by atoms with Crippen LogP contribution in [-0.2, 0) is 19.6 Å². The molecule has 53 heavy (non-hydrogen) atoms. The van der Waals surface area contributed by atoms with Crippen molar-refractivity contribution in [3.05, 3.63) is 128 Å². The summed E-state index contributed by atoms with van der Waals surface area (Å²) in [5.41, 5.74) is 2.68. The van der Waals surface area contributed by atoms with Crippen molar-refractivity contribution in [3.8, 4) is 17.2 Å². The van der Waals surface area contributed by atoms with Gasteiger partial charge in [-0.2, -0.15) is 0 Å². The first-order valence-electron chi connectivity index (χ1n) is 18.1. The molecule has 0 fully saturated rings. The molecular weight excluding hydrogens is 678 g/mol. The van der Waals surface area contributed by atoms with Gasteiger partial charge in [-0.3, -0.25) is 30.0 Å².